The summed E-state index contributed by atoms with van der Waals surface area (Å²) >= 11 is 7.22. The number of amides is 1. The first-order valence-corrected chi connectivity index (χ1v) is 6.39. The van der Waals surface area contributed by atoms with E-state index >= 15 is 0 Å². The maximum atomic E-state index is 12.0. The molecule has 0 spiro atoms. The van der Waals surface area contributed by atoms with Gasteiger partial charge in [0.15, 0.2) is 0 Å². The maximum absolute atomic E-state index is 12.0. The molecule has 0 bridgehead atoms. The number of aromatic nitrogens is 2. The van der Waals surface area contributed by atoms with Crippen LogP contribution in [0.5, 0.6) is 0 Å². The Kier molecular flexibility index (Phi) is 3.78. The van der Waals surface area contributed by atoms with Gasteiger partial charge in [0.2, 0.25) is 10.1 Å². The van der Waals surface area contributed by atoms with Crippen LogP contribution in [-0.2, 0) is 0 Å². The van der Waals surface area contributed by atoms with Gasteiger partial charge >= 0.3 is 0 Å². The summed E-state index contributed by atoms with van der Waals surface area (Å²) in [5.41, 5.74) is 1.50. The zero-order chi connectivity index (χ0) is 13.1. The summed E-state index contributed by atoms with van der Waals surface area (Å²) in [4.78, 5) is 12.0. The van der Waals surface area contributed by atoms with Gasteiger partial charge in [-0.2, -0.15) is 0 Å². The third-order valence-electron chi connectivity index (χ3n) is 2.29. The molecule has 2 rings (SSSR count). The molecular weight excluding hydrogens is 272 g/mol. The number of benzene rings is 1. The van der Waals surface area contributed by atoms with Crippen molar-refractivity contribution in [1.82, 2.24) is 10.2 Å². The molecule has 7 heteroatoms. The summed E-state index contributed by atoms with van der Waals surface area (Å²) in [7, 11) is 1.72. The van der Waals surface area contributed by atoms with Crippen LogP contribution in [0.25, 0.3) is 0 Å². The van der Waals surface area contributed by atoms with Crippen molar-refractivity contribution in [3.8, 4) is 0 Å². The van der Waals surface area contributed by atoms with Gasteiger partial charge in [-0.25, -0.2) is 0 Å². The highest BCUT2D eigenvalue weighted by Gasteiger charge is 2.14. The maximum Gasteiger partial charge on any atom is 0.286 e. The van der Waals surface area contributed by atoms with Crippen molar-refractivity contribution < 1.29 is 4.79 Å². The minimum absolute atomic E-state index is 0.290. The molecule has 1 amide bonds. The van der Waals surface area contributed by atoms with E-state index in [2.05, 4.69) is 20.8 Å². The Balaban J connectivity index is 2.21. The van der Waals surface area contributed by atoms with Crippen molar-refractivity contribution in [3.05, 3.63) is 33.8 Å². The Morgan fingerprint density at radius 1 is 1.39 bits per heavy atom. The Bertz CT molecular complexity index is 564. The highest BCUT2D eigenvalue weighted by Crippen LogP contribution is 2.26. The van der Waals surface area contributed by atoms with Crippen LogP contribution in [0.4, 0.5) is 10.8 Å². The van der Waals surface area contributed by atoms with Gasteiger partial charge in [-0.05, 0) is 18.6 Å². The Morgan fingerprint density at radius 2 is 2.17 bits per heavy atom. The second kappa shape index (κ2) is 5.32. The first-order chi connectivity index (χ1) is 8.61. The summed E-state index contributed by atoms with van der Waals surface area (Å²) in [6.07, 6.45) is 0. The van der Waals surface area contributed by atoms with Gasteiger partial charge in [-0.15, -0.1) is 10.2 Å². The molecule has 0 aliphatic carbocycles. The van der Waals surface area contributed by atoms with Crippen molar-refractivity contribution in [2.75, 3.05) is 17.7 Å². The van der Waals surface area contributed by atoms with Gasteiger partial charge in [0.25, 0.3) is 5.91 Å². The number of para-hydroxylation sites is 1. The van der Waals surface area contributed by atoms with Crippen LogP contribution < -0.4 is 10.6 Å². The fourth-order valence-electron chi connectivity index (χ4n) is 1.37. The van der Waals surface area contributed by atoms with Gasteiger partial charge in [-0.3, -0.25) is 4.79 Å². The van der Waals surface area contributed by atoms with Crippen molar-refractivity contribution >= 4 is 39.7 Å². The van der Waals surface area contributed by atoms with Crippen molar-refractivity contribution in [2.45, 2.75) is 6.92 Å². The molecule has 2 N–H and O–H groups in total. The van der Waals surface area contributed by atoms with Gasteiger partial charge in [-0.1, -0.05) is 35.1 Å². The fraction of sp³-hybridized carbons (Fsp3) is 0.182. The zero-order valence-corrected chi connectivity index (χ0v) is 11.4. The Hall–Kier alpha value is -1.66. The Morgan fingerprint density at radius 3 is 2.78 bits per heavy atom. The molecule has 18 heavy (non-hydrogen) atoms. The lowest BCUT2D eigenvalue weighted by Gasteiger charge is -2.08. The number of carbonyl (C=O) groups excluding carboxylic acids is 1. The van der Waals surface area contributed by atoms with Crippen LogP contribution in [0.1, 0.15) is 15.4 Å². The van der Waals surface area contributed by atoms with Crippen molar-refractivity contribution in [3.63, 3.8) is 0 Å². The summed E-state index contributed by atoms with van der Waals surface area (Å²) in [6.45, 7) is 1.88. The number of nitrogens with one attached hydrogen (secondary N) is 2. The number of carbonyl (C=O) groups is 1. The van der Waals surface area contributed by atoms with Gasteiger partial charge in [0, 0.05) is 7.05 Å². The number of anilines is 2. The van der Waals surface area contributed by atoms with Gasteiger partial charge in [0.05, 0.1) is 10.7 Å². The molecule has 0 atom stereocenters. The van der Waals surface area contributed by atoms with Gasteiger partial charge < -0.3 is 10.6 Å². The highest BCUT2D eigenvalue weighted by molar-refractivity contribution is 7.17. The minimum atomic E-state index is -0.315. The lowest BCUT2D eigenvalue weighted by atomic mass is 10.2. The number of rotatable bonds is 3. The van der Waals surface area contributed by atoms with E-state index in [-0.39, 0.29) is 5.91 Å². The smallest absolute Gasteiger partial charge is 0.286 e. The lowest BCUT2D eigenvalue weighted by Crippen LogP contribution is -2.12. The second-order valence-electron chi connectivity index (χ2n) is 3.55. The largest absolute Gasteiger partial charge is 0.363 e. The first-order valence-electron chi connectivity index (χ1n) is 5.19. The van der Waals surface area contributed by atoms with Crippen LogP contribution >= 0.6 is 22.9 Å². The summed E-state index contributed by atoms with van der Waals surface area (Å²) in [5, 5.41) is 14.6. The molecule has 1 heterocycles. The van der Waals surface area contributed by atoms with E-state index < -0.39 is 0 Å². The molecule has 2 aromatic rings. The molecule has 5 nitrogen and oxygen atoms in total. The zero-order valence-electron chi connectivity index (χ0n) is 9.82. The molecule has 0 aliphatic heterocycles. The molecule has 0 fully saturated rings. The SMILES string of the molecule is CNc1nnc(C(=O)Nc2c(C)cccc2Cl)s1. The van der Waals surface area contributed by atoms with Crippen LogP contribution in [0.2, 0.25) is 5.02 Å². The average molecular weight is 283 g/mol. The van der Waals surface area contributed by atoms with Gasteiger partial charge in [0.1, 0.15) is 0 Å². The van der Waals surface area contributed by atoms with E-state index in [0.29, 0.717) is 20.8 Å². The summed E-state index contributed by atoms with van der Waals surface area (Å²) in [6, 6.07) is 5.43. The highest BCUT2D eigenvalue weighted by atomic mass is 35.5. The van der Waals surface area contributed by atoms with Crippen molar-refractivity contribution in [1.29, 1.82) is 0 Å². The van der Waals surface area contributed by atoms with E-state index in [1.165, 1.54) is 11.3 Å². The lowest BCUT2D eigenvalue weighted by molar-refractivity contribution is 0.102. The predicted molar refractivity (Wildman–Crippen MR) is 73.6 cm³/mol. The number of aryl methyl sites for hydroxylation is 1. The predicted octanol–water partition coefficient (Wildman–Crippen LogP) is 2.79. The van der Waals surface area contributed by atoms with E-state index in [9.17, 15) is 4.79 Å². The second-order valence-corrected chi connectivity index (χ2v) is 4.93. The molecule has 0 aliphatic rings. The average Bonchev–Trinajstić information content (AvgIpc) is 2.82. The number of hydrogen-bond acceptors (Lipinski definition) is 5. The van der Waals surface area contributed by atoms with E-state index in [1.807, 2.05) is 19.1 Å². The molecular formula is C11H11ClN4OS. The third kappa shape index (κ3) is 2.60. The molecule has 1 aromatic heterocycles. The Labute approximate surface area is 113 Å². The molecule has 0 saturated heterocycles. The van der Waals surface area contributed by atoms with E-state index in [0.717, 1.165) is 5.56 Å². The molecule has 1 aromatic carbocycles. The number of halogens is 1. The van der Waals surface area contributed by atoms with E-state index in [4.69, 9.17) is 11.6 Å². The van der Waals surface area contributed by atoms with Crippen molar-refractivity contribution in [2.24, 2.45) is 0 Å². The molecule has 0 radical (unpaired) electrons. The van der Waals surface area contributed by atoms with Crippen LogP contribution in [0.3, 0.4) is 0 Å². The molecule has 94 valence electrons. The quantitative estimate of drug-likeness (QED) is 0.908. The number of hydrogen-bond donors (Lipinski definition) is 2. The minimum Gasteiger partial charge on any atom is -0.363 e. The summed E-state index contributed by atoms with van der Waals surface area (Å²) in [5.74, 6) is -0.315. The third-order valence-corrected chi connectivity index (χ3v) is 3.55. The molecule has 0 unspecified atom stereocenters. The number of nitrogens with zero attached hydrogens (tertiary/aromatic N) is 2. The van der Waals surface area contributed by atoms with Crippen LogP contribution in [0.15, 0.2) is 18.2 Å². The first kappa shape index (κ1) is 12.8. The summed E-state index contributed by atoms with van der Waals surface area (Å²) < 4.78 is 0. The van der Waals surface area contributed by atoms with E-state index in [1.54, 1.807) is 13.1 Å². The fourth-order valence-corrected chi connectivity index (χ4v) is 2.23. The van der Waals surface area contributed by atoms with Crippen LogP contribution in [0, 0.1) is 6.92 Å². The van der Waals surface area contributed by atoms with Crippen LogP contribution in [-0.4, -0.2) is 23.2 Å². The molecule has 0 saturated carbocycles. The topological polar surface area (TPSA) is 66.9 Å². The standard InChI is InChI=1S/C11H11ClN4OS/c1-6-4-3-5-7(12)8(6)14-9(17)10-15-16-11(13-2)18-10/h3-5H,1-2H3,(H,13,16)(H,14,17). The monoisotopic (exact) mass is 282 g/mol. The normalized spacial score (nSPS) is 10.2.